The predicted octanol–water partition coefficient (Wildman–Crippen LogP) is 2.39. The minimum atomic E-state index is 0.663. The smallest absolute Gasteiger partial charge is 0.150 e. The van der Waals surface area contributed by atoms with Crippen LogP contribution in [0, 0.1) is 0 Å². The molecule has 1 aromatic carbocycles. The second-order valence-corrected chi connectivity index (χ2v) is 3.39. The molecule has 0 N–H and O–H groups in total. The van der Waals surface area contributed by atoms with Gasteiger partial charge in [-0.15, -0.1) is 0 Å². The molecule has 2 nitrogen and oxygen atoms in total. The Hall–Kier alpha value is -1.31. The van der Waals surface area contributed by atoms with Crippen molar-refractivity contribution in [1.82, 2.24) is 0 Å². The second-order valence-electron chi connectivity index (χ2n) is 3.39. The molecular formula is C11H12O2. The molecule has 0 aromatic heterocycles. The number of ether oxygens (including phenoxy) is 1. The number of hydrogen-bond donors (Lipinski definition) is 0. The summed E-state index contributed by atoms with van der Waals surface area (Å²) in [6.45, 7) is 0. The monoisotopic (exact) mass is 176 g/mol. The van der Waals surface area contributed by atoms with Gasteiger partial charge < -0.3 is 4.74 Å². The van der Waals surface area contributed by atoms with Crippen LogP contribution in [-0.2, 0) is 0 Å². The highest BCUT2D eigenvalue weighted by Crippen LogP contribution is 2.44. The molecule has 13 heavy (non-hydrogen) atoms. The maximum Gasteiger partial charge on any atom is 0.150 e. The van der Waals surface area contributed by atoms with Crippen LogP contribution in [0.25, 0.3) is 0 Å². The molecule has 2 heteroatoms. The maximum absolute atomic E-state index is 10.5. The molecular weight excluding hydrogens is 164 g/mol. The molecule has 0 heterocycles. The molecule has 0 bridgehead atoms. The fraction of sp³-hybridized carbons (Fsp3) is 0.364. The van der Waals surface area contributed by atoms with Gasteiger partial charge in [0.2, 0.25) is 0 Å². The van der Waals surface area contributed by atoms with Crippen LogP contribution in [-0.4, -0.2) is 13.4 Å². The molecule has 0 amide bonds. The lowest BCUT2D eigenvalue weighted by Gasteiger charge is -2.07. The Bertz CT molecular complexity index is 327. The summed E-state index contributed by atoms with van der Waals surface area (Å²) in [5.41, 5.74) is 1.93. The van der Waals surface area contributed by atoms with Gasteiger partial charge >= 0.3 is 0 Å². The molecule has 0 unspecified atom stereocenters. The molecule has 2 rings (SSSR count). The first-order valence-electron chi connectivity index (χ1n) is 4.48. The highest BCUT2D eigenvalue weighted by atomic mass is 16.5. The van der Waals surface area contributed by atoms with Gasteiger partial charge in [0.15, 0.2) is 0 Å². The van der Waals surface area contributed by atoms with Crippen molar-refractivity contribution in [3.05, 3.63) is 29.3 Å². The average molecular weight is 176 g/mol. The molecule has 1 aliphatic rings. The Morgan fingerprint density at radius 2 is 2.23 bits per heavy atom. The Morgan fingerprint density at radius 3 is 2.77 bits per heavy atom. The van der Waals surface area contributed by atoms with Crippen LogP contribution in [0.2, 0.25) is 0 Å². The number of methoxy groups -OCH3 is 1. The van der Waals surface area contributed by atoms with Crippen molar-refractivity contribution >= 4 is 6.29 Å². The molecule has 0 spiro atoms. The van der Waals surface area contributed by atoms with E-state index >= 15 is 0 Å². The van der Waals surface area contributed by atoms with Crippen molar-refractivity contribution in [2.45, 2.75) is 18.8 Å². The van der Waals surface area contributed by atoms with Crippen LogP contribution in [0.4, 0.5) is 0 Å². The van der Waals surface area contributed by atoms with Gasteiger partial charge in [0.05, 0.1) is 7.11 Å². The number of rotatable bonds is 3. The third-order valence-corrected chi connectivity index (χ3v) is 2.41. The summed E-state index contributed by atoms with van der Waals surface area (Å²) >= 11 is 0. The normalized spacial score (nSPS) is 15.5. The van der Waals surface area contributed by atoms with Crippen LogP contribution >= 0.6 is 0 Å². The van der Waals surface area contributed by atoms with Crippen molar-refractivity contribution in [1.29, 1.82) is 0 Å². The summed E-state index contributed by atoms with van der Waals surface area (Å²) in [6, 6.07) is 5.66. The molecule has 1 aliphatic carbocycles. The zero-order valence-corrected chi connectivity index (χ0v) is 7.62. The van der Waals surface area contributed by atoms with Crippen LogP contribution in [0.1, 0.15) is 34.7 Å². The van der Waals surface area contributed by atoms with Gasteiger partial charge in [0.1, 0.15) is 12.0 Å². The molecule has 0 radical (unpaired) electrons. The molecule has 0 atom stereocenters. The number of benzene rings is 1. The van der Waals surface area contributed by atoms with E-state index in [2.05, 4.69) is 0 Å². The number of carbonyl (C=O) groups is 1. The molecule has 1 fully saturated rings. The number of carbonyl (C=O) groups excluding carboxylic acids is 1. The minimum absolute atomic E-state index is 0.663. The summed E-state index contributed by atoms with van der Waals surface area (Å²) in [4.78, 5) is 10.5. The Morgan fingerprint density at radius 1 is 1.46 bits per heavy atom. The van der Waals surface area contributed by atoms with E-state index in [-0.39, 0.29) is 0 Å². The van der Waals surface area contributed by atoms with Gasteiger partial charge in [-0.3, -0.25) is 4.79 Å². The third-order valence-electron chi connectivity index (χ3n) is 2.41. The lowest BCUT2D eigenvalue weighted by Crippen LogP contribution is -1.91. The summed E-state index contributed by atoms with van der Waals surface area (Å²) in [6.07, 6.45) is 3.34. The standard InChI is InChI=1S/C11H12O2/c1-13-11-6-8(7-12)2-5-10(11)9-3-4-9/h2,5-7,9H,3-4H2,1H3. The van der Waals surface area contributed by atoms with Gasteiger partial charge in [0.25, 0.3) is 0 Å². The average Bonchev–Trinajstić information content (AvgIpc) is 3.00. The lowest BCUT2D eigenvalue weighted by atomic mass is 10.1. The first kappa shape index (κ1) is 8.30. The van der Waals surface area contributed by atoms with Gasteiger partial charge in [0, 0.05) is 5.56 Å². The SMILES string of the molecule is COc1cc(C=O)ccc1C1CC1. The Labute approximate surface area is 77.5 Å². The van der Waals surface area contributed by atoms with Crippen molar-refractivity contribution in [3.63, 3.8) is 0 Å². The second kappa shape index (κ2) is 3.21. The number of aldehydes is 1. The Kier molecular flexibility index (Phi) is 2.05. The van der Waals surface area contributed by atoms with Crippen LogP contribution in [0.5, 0.6) is 5.75 Å². The summed E-state index contributed by atoms with van der Waals surface area (Å²) < 4.78 is 5.23. The lowest BCUT2D eigenvalue weighted by molar-refractivity contribution is 0.112. The highest BCUT2D eigenvalue weighted by molar-refractivity contribution is 5.76. The van der Waals surface area contributed by atoms with Crippen LogP contribution < -0.4 is 4.74 Å². The van der Waals surface area contributed by atoms with E-state index in [1.165, 1.54) is 18.4 Å². The molecule has 0 saturated heterocycles. The molecule has 68 valence electrons. The molecule has 1 aromatic rings. The Balaban J connectivity index is 2.38. The zero-order chi connectivity index (χ0) is 9.26. The molecule has 1 saturated carbocycles. The van der Waals surface area contributed by atoms with Crippen LogP contribution in [0.3, 0.4) is 0 Å². The summed E-state index contributed by atoms with van der Waals surface area (Å²) in [5.74, 6) is 1.52. The van der Waals surface area contributed by atoms with E-state index in [4.69, 9.17) is 4.74 Å². The van der Waals surface area contributed by atoms with Crippen molar-refractivity contribution < 1.29 is 9.53 Å². The predicted molar refractivity (Wildman–Crippen MR) is 50.4 cm³/mol. The highest BCUT2D eigenvalue weighted by Gasteiger charge is 2.26. The minimum Gasteiger partial charge on any atom is -0.496 e. The first-order chi connectivity index (χ1) is 6.35. The maximum atomic E-state index is 10.5. The third kappa shape index (κ3) is 1.57. The van der Waals surface area contributed by atoms with Gasteiger partial charge in [-0.05, 0) is 30.4 Å². The van der Waals surface area contributed by atoms with Gasteiger partial charge in [-0.25, -0.2) is 0 Å². The van der Waals surface area contributed by atoms with Crippen molar-refractivity contribution in [2.24, 2.45) is 0 Å². The topological polar surface area (TPSA) is 26.3 Å². The van der Waals surface area contributed by atoms with Crippen molar-refractivity contribution in [3.8, 4) is 5.75 Å². The van der Waals surface area contributed by atoms with Crippen LogP contribution in [0.15, 0.2) is 18.2 Å². The first-order valence-corrected chi connectivity index (χ1v) is 4.48. The summed E-state index contributed by atoms with van der Waals surface area (Å²) in [7, 11) is 1.65. The van der Waals surface area contributed by atoms with Crippen molar-refractivity contribution in [2.75, 3.05) is 7.11 Å². The van der Waals surface area contributed by atoms with Gasteiger partial charge in [-0.2, -0.15) is 0 Å². The van der Waals surface area contributed by atoms with E-state index in [0.29, 0.717) is 11.5 Å². The fourth-order valence-electron chi connectivity index (χ4n) is 1.53. The van der Waals surface area contributed by atoms with E-state index in [1.54, 1.807) is 13.2 Å². The van der Waals surface area contributed by atoms with Gasteiger partial charge in [-0.1, -0.05) is 12.1 Å². The van der Waals surface area contributed by atoms with E-state index in [0.717, 1.165) is 12.0 Å². The molecule has 0 aliphatic heterocycles. The number of hydrogen-bond acceptors (Lipinski definition) is 2. The fourth-order valence-corrected chi connectivity index (χ4v) is 1.53. The van der Waals surface area contributed by atoms with E-state index < -0.39 is 0 Å². The largest absolute Gasteiger partial charge is 0.496 e. The zero-order valence-electron chi connectivity index (χ0n) is 7.62. The summed E-state index contributed by atoms with van der Waals surface area (Å²) in [5, 5.41) is 0. The van der Waals surface area contributed by atoms with E-state index in [9.17, 15) is 4.79 Å². The quantitative estimate of drug-likeness (QED) is 0.661. The van der Waals surface area contributed by atoms with E-state index in [1.807, 2.05) is 12.1 Å².